The highest BCUT2D eigenvalue weighted by Crippen LogP contribution is 2.29. The average molecular weight is 372 g/mol. The number of aliphatic imine (C=N–C) groups is 1. The van der Waals surface area contributed by atoms with Crippen LogP contribution in [0, 0.1) is 12.7 Å². The number of nitrogens with zero attached hydrogens (tertiary/aromatic N) is 2. The number of hydrogen-bond donors (Lipinski definition) is 1. The minimum absolute atomic E-state index is 0.117. The number of carbonyl (C=O) groups excluding carboxylic acids is 1. The average Bonchev–Trinajstić information content (AvgIpc) is 3.01. The summed E-state index contributed by atoms with van der Waals surface area (Å²) in [5.74, 6) is -0.00426. The van der Waals surface area contributed by atoms with Crippen molar-refractivity contribution >= 4 is 23.5 Å². The molecule has 0 aromatic heterocycles. The number of rotatable bonds is 3. The third-order valence-electron chi connectivity index (χ3n) is 4.45. The zero-order valence-electron chi connectivity index (χ0n) is 15.1. The molecule has 3 aromatic rings. The summed E-state index contributed by atoms with van der Waals surface area (Å²) in [6.45, 7) is 1.99. The molecule has 0 saturated carbocycles. The molecule has 0 saturated heterocycles. The van der Waals surface area contributed by atoms with Crippen molar-refractivity contribution in [1.82, 2.24) is 0 Å². The maximum absolute atomic E-state index is 13.2. The molecule has 4 rings (SSSR count). The fourth-order valence-corrected chi connectivity index (χ4v) is 2.97. The quantitative estimate of drug-likeness (QED) is 0.679. The van der Waals surface area contributed by atoms with E-state index in [2.05, 4.69) is 4.99 Å². The van der Waals surface area contributed by atoms with Gasteiger partial charge in [-0.2, -0.15) is 0 Å². The zero-order chi connectivity index (χ0) is 19.7. The summed E-state index contributed by atoms with van der Waals surface area (Å²) in [4.78, 5) is 19.2. The van der Waals surface area contributed by atoms with Crippen LogP contribution in [0.4, 0.5) is 10.1 Å². The number of aryl methyl sites for hydroxylation is 1. The Morgan fingerprint density at radius 3 is 2.21 bits per heavy atom. The van der Waals surface area contributed by atoms with E-state index in [9.17, 15) is 14.3 Å². The van der Waals surface area contributed by atoms with E-state index in [0.29, 0.717) is 17.1 Å². The molecule has 28 heavy (non-hydrogen) atoms. The van der Waals surface area contributed by atoms with Crippen LogP contribution in [-0.2, 0) is 4.79 Å². The van der Waals surface area contributed by atoms with Gasteiger partial charge in [-0.1, -0.05) is 42.0 Å². The van der Waals surface area contributed by atoms with E-state index in [4.69, 9.17) is 0 Å². The summed E-state index contributed by atoms with van der Waals surface area (Å²) in [5, 5.41) is 9.57. The molecule has 1 aliphatic rings. The molecule has 1 amide bonds. The van der Waals surface area contributed by atoms with Gasteiger partial charge in [-0.15, -0.1) is 0 Å². The number of amidine groups is 1. The minimum Gasteiger partial charge on any atom is -0.508 e. The van der Waals surface area contributed by atoms with E-state index in [1.807, 2.05) is 31.2 Å². The highest BCUT2D eigenvalue weighted by atomic mass is 19.1. The molecular weight excluding hydrogens is 355 g/mol. The number of carbonyl (C=O) groups is 1. The molecular formula is C23H17FN2O2. The van der Waals surface area contributed by atoms with Crippen LogP contribution < -0.4 is 4.90 Å². The second-order valence-electron chi connectivity index (χ2n) is 6.54. The van der Waals surface area contributed by atoms with E-state index in [1.165, 1.54) is 29.2 Å². The molecule has 0 spiro atoms. The Bertz CT molecular complexity index is 1080. The molecule has 0 bridgehead atoms. The first-order chi connectivity index (χ1) is 13.5. The molecule has 4 nitrogen and oxygen atoms in total. The van der Waals surface area contributed by atoms with Crippen LogP contribution in [0.2, 0.25) is 0 Å². The van der Waals surface area contributed by atoms with Gasteiger partial charge < -0.3 is 5.11 Å². The first-order valence-electron chi connectivity index (χ1n) is 8.78. The molecule has 0 radical (unpaired) electrons. The molecule has 0 aliphatic carbocycles. The van der Waals surface area contributed by atoms with E-state index in [-0.39, 0.29) is 23.2 Å². The Balaban J connectivity index is 1.81. The summed E-state index contributed by atoms with van der Waals surface area (Å²) in [7, 11) is 0. The second kappa shape index (κ2) is 7.12. The Morgan fingerprint density at radius 1 is 0.929 bits per heavy atom. The van der Waals surface area contributed by atoms with Gasteiger partial charge in [-0.3, -0.25) is 9.69 Å². The lowest BCUT2D eigenvalue weighted by Gasteiger charge is -2.18. The van der Waals surface area contributed by atoms with Crippen LogP contribution in [0.15, 0.2) is 83.5 Å². The summed E-state index contributed by atoms with van der Waals surface area (Å²) in [5.41, 5.74) is 3.45. The first kappa shape index (κ1) is 17.7. The lowest BCUT2D eigenvalue weighted by molar-refractivity contribution is -0.113. The Kier molecular flexibility index (Phi) is 4.49. The van der Waals surface area contributed by atoms with Crippen molar-refractivity contribution in [1.29, 1.82) is 0 Å². The Morgan fingerprint density at radius 2 is 1.57 bits per heavy atom. The monoisotopic (exact) mass is 372 g/mol. The molecule has 3 aromatic carbocycles. The van der Waals surface area contributed by atoms with Crippen molar-refractivity contribution in [3.05, 3.63) is 101 Å². The van der Waals surface area contributed by atoms with E-state index in [1.54, 1.807) is 30.3 Å². The van der Waals surface area contributed by atoms with Crippen molar-refractivity contribution < 1.29 is 14.3 Å². The molecule has 0 fully saturated rings. The predicted molar refractivity (Wildman–Crippen MR) is 108 cm³/mol. The number of amides is 1. The lowest BCUT2D eigenvalue weighted by Crippen LogP contribution is -2.32. The minimum atomic E-state index is -0.338. The van der Waals surface area contributed by atoms with E-state index in [0.717, 1.165) is 11.1 Å². The molecule has 138 valence electrons. The van der Waals surface area contributed by atoms with Crippen LogP contribution in [0.1, 0.15) is 16.7 Å². The van der Waals surface area contributed by atoms with Crippen LogP contribution in [0.3, 0.4) is 0 Å². The zero-order valence-corrected chi connectivity index (χ0v) is 15.1. The van der Waals surface area contributed by atoms with Gasteiger partial charge in [0.25, 0.3) is 5.91 Å². The highest BCUT2D eigenvalue weighted by Gasteiger charge is 2.32. The third kappa shape index (κ3) is 3.42. The molecule has 1 aliphatic heterocycles. The number of hydrogen-bond acceptors (Lipinski definition) is 3. The van der Waals surface area contributed by atoms with Crippen LogP contribution in [0.5, 0.6) is 5.75 Å². The Hall–Kier alpha value is -3.73. The molecule has 1 N–H and O–H groups in total. The van der Waals surface area contributed by atoms with Crippen molar-refractivity contribution in [2.24, 2.45) is 4.99 Å². The second-order valence-corrected chi connectivity index (χ2v) is 6.54. The van der Waals surface area contributed by atoms with Gasteiger partial charge in [-0.25, -0.2) is 9.38 Å². The van der Waals surface area contributed by atoms with Crippen LogP contribution in [0.25, 0.3) is 6.08 Å². The van der Waals surface area contributed by atoms with Gasteiger partial charge in [0.2, 0.25) is 0 Å². The molecule has 1 heterocycles. The van der Waals surface area contributed by atoms with Crippen molar-refractivity contribution in [2.75, 3.05) is 4.90 Å². The van der Waals surface area contributed by atoms with E-state index < -0.39 is 0 Å². The standard InChI is InChI=1S/C23H17FN2O2/c1-15-2-6-17(7-3-15)22-25-21(14-16-4-8-18(24)9-5-16)23(28)26(22)19-10-12-20(27)13-11-19/h2-14,27H,1H3/b21-14+. The smallest absolute Gasteiger partial charge is 0.282 e. The lowest BCUT2D eigenvalue weighted by atomic mass is 10.1. The number of phenolic OH excluding ortho intramolecular Hbond substituents is 1. The summed E-state index contributed by atoms with van der Waals surface area (Å²) < 4.78 is 13.2. The number of aromatic hydroxyl groups is 1. The SMILES string of the molecule is Cc1ccc(C2=N/C(=C/c3ccc(F)cc3)C(=O)N2c2ccc(O)cc2)cc1. The van der Waals surface area contributed by atoms with Gasteiger partial charge in [0.05, 0.1) is 5.69 Å². The van der Waals surface area contributed by atoms with Crippen LogP contribution in [-0.4, -0.2) is 16.8 Å². The summed E-state index contributed by atoms with van der Waals surface area (Å²) in [6.07, 6.45) is 1.64. The van der Waals surface area contributed by atoms with Crippen LogP contribution >= 0.6 is 0 Å². The highest BCUT2D eigenvalue weighted by molar-refractivity contribution is 6.33. The summed E-state index contributed by atoms with van der Waals surface area (Å²) >= 11 is 0. The van der Waals surface area contributed by atoms with Gasteiger partial charge in [0.1, 0.15) is 23.1 Å². The number of phenols is 1. The van der Waals surface area contributed by atoms with Crippen molar-refractivity contribution in [3.8, 4) is 5.75 Å². The molecule has 0 unspecified atom stereocenters. The van der Waals surface area contributed by atoms with E-state index >= 15 is 0 Å². The molecule has 0 atom stereocenters. The molecule has 5 heteroatoms. The number of benzene rings is 3. The number of anilines is 1. The largest absolute Gasteiger partial charge is 0.508 e. The fraction of sp³-hybridized carbons (Fsp3) is 0.0435. The third-order valence-corrected chi connectivity index (χ3v) is 4.45. The van der Waals surface area contributed by atoms with Gasteiger partial charge in [-0.05, 0) is 55.0 Å². The van der Waals surface area contributed by atoms with Gasteiger partial charge in [0.15, 0.2) is 0 Å². The number of halogens is 1. The topological polar surface area (TPSA) is 52.9 Å². The predicted octanol–water partition coefficient (Wildman–Crippen LogP) is 4.67. The first-order valence-corrected chi connectivity index (χ1v) is 8.78. The van der Waals surface area contributed by atoms with Gasteiger partial charge >= 0.3 is 0 Å². The normalized spacial score (nSPS) is 15.2. The van der Waals surface area contributed by atoms with Crippen molar-refractivity contribution in [2.45, 2.75) is 6.92 Å². The fourth-order valence-electron chi connectivity index (χ4n) is 2.97. The summed E-state index contributed by atoms with van der Waals surface area (Å²) in [6, 6.07) is 20.0. The maximum atomic E-state index is 13.2. The van der Waals surface area contributed by atoms with Gasteiger partial charge in [0, 0.05) is 5.56 Å². The maximum Gasteiger partial charge on any atom is 0.282 e. The van der Waals surface area contributed by atoms with Crippen molar-refractivity contribution in [3.63, 3.8) is 0 Å². The Labute approximate surface area is 161 Å².